The predicted molar refractivity (Wildman–Crippen MR) is 92.0 cm³/mol. The van der Waals surface area contributed by atoms with Crippen molar-refractivity contribution in [1.82, 2.24) is 10.1 Å². The molecule has 24 heavy (non-hydrogen) atoms. The van der Waals surface area contributed by atoms with Crippen molar-refractivity contribution < 1.29 is 14.1 Å². The summed E-state index contributed by atoms with van der Waals surface area (Å²) in [4.78, 5) is 14.4. The molecule has 1 aliphatic carbocycles. The van der Waals surface area contributed by atoms with Gasteiger partial charge < -0.3 is 14.2 Å². The molecule has 1 aliphatic rings. The van der Waals surface area contributed by atoms with Gasteiger partial charge in [-0.05, 0) is 30.9 Å². The zero-order valence-corrected chi connectivity index (χ0v) is 14.3. The summed E-state index contributed by atoms with van der Waals surface area (Å²) >= 11 is 0. The Labute approximate surface area is 142 Å². The van der Waals surface area contributed by atoms with E-state index in [2.05, 4.69) is 5.16 Å². The lowest BCUT2D eigenvalue weighted by atomic mass is 9.89. The maximum atomic E-state index is 12.6. The summed E-state index contributed by atoms with van der Waals surface area (Å²) in [6.07, 6.45) is 6.29. The number of carbonyl (C=O) groups excluding carboxylic acids is 1. The van der Waals surface area contributed by atoms with Gasteiger partial charge in [-0.1, -0.05) is 36.6 Å². The maximum absolute atomic E-state index is 12.6. The molecule has 0 aliphatic heterocycles. The van der Waals surface area contributed by atoms with Crippen LogP contribution in [-0.4, -0.2) is 36.7 Å². The third-order valence-corrected chi connectivity index (χ3v) is 4.71. The number of hydrogen-bond donors (Lipinski definition) is 0. The molecule has 5 nitrogen and oxygen atoms in total. The normalized spacial score (nSPS) is 15.2. The van der Waals surface area contributed by atoms with Crippen molar-refractivity contribution in [3.05, 3.63) is 36.0 Å². The molecule has 1 aromatic carbocycles. The van der Waals surface area contributed by atoms with Gasteiger partial charge in [0, 0.05) is 19.7 Å². The molecule has 1 aromatic heterocycles. The van der Waals surface area contributed by atoms with Crippen molar-refractivity contribution in [2.45, 2.75) is 32.1 Å². The molecule has 1 heterocycles. The molecule has 1 fully saturated rings. The van der Waals surface area contributed by atoms with Crippen LogP contribution in [0.2, 0.25) is 0 Å². The van der Waals surface area contributed by atoms with E-state index in [9.17, 15) is 4.79 Å². The fourth-order valence-corrected chi connectivity index (χ4v) is 3.39. The zero-order valence-electron chi connectivity index (χ0n) is 14.3. The van der Waals surface area contributed by atoms with Crippen molar-refractivity contribution in [3.8, 4) is 17.1 Å². The summed E-state index contributed by atoms with van der Waals surface area (Å²) in [5.74, 6) is 1.75. The number of aromatic nitrogens is 1. The van der Waals surface area contributed by atoms with Gasteiger partial charge in [0.25, 0.3) is 5.91 Å². The number of methoxy groups -OCH3 is 1. The standard InChI is InChI=1S/C19H24N2O3/c1-21(13-14-8-4-3-5-9-14)19(22)16-12-18(24-20-16)15-10-6-7-11-17(15)23-2/h6-7,10-12,14H,3-5,8-9,13H2,1-2H3. The first-order valence-corrected chi connectivity index (χ1v) is 8.54. The molecule has 1 saturated carbocycles. The van der Waals surface area contributed by atoms with Gasteiger partial charge >= 0.3 is 0 Å². The Kier molecular flexibility index (Phi) is 5.18. The fourth-order valence-electron chi connectivity index (χ4n) is 3.39. The second kappa shape index (κ2) is 7.51. The lowest BCUT2D eigenvalue weighted by Crippen LogP contribution is -2.32. The molecule has 2 aromatic rings. The van der Waals surface area contributed by atoms with E-state index in [1.165, 1.54) is 32.1 Å². The molecule has 0 atom stereocenters. The van der Waals surface area contributed by atoms with Gasteiger partial charge in [-0.15, -0.1) is 0 Å². The SMILES string of the molecule is COc1ccccc1-c1cc(C(=O)N(C)CC2CCCCC2)no1. The average Bonchev–Trinajstić information content (AvgIpc) is 3.11. The molecule has 0 spiro atoms. The number of carbonyl (C=O) groups is 1. The van der Waals surface area contributed by atoms with Crippen LogP contribution < -0.4 is 4.74 Å². The molecule has 1 amide bonds. The number of amides is 1. The highest BCUT2D eigenvalue weighted by molar-refractivity contribution is 5.93. The molecular formula is C19H24N2O3. The van der Waals surface area contributed by atoms with Crippen molar-refractivity contribution in [1.29, 1.82) is 0 Å². The van der Waals surface area contributed by atoms with Gasteiger partial charge in [0.1, 0.15) is 5.75 Å². The molecular weight excluding hydrogens is 304 g/mol. The number of ether oxygens (including phenoxy) is 1. The van der Waals surface area contributed by atoms with Gasteiger partial charge in [-0.2, -0.15) is 0 Å². The minimum absolute atomic E-state index is 0.0922. The Bertz CT molecular complexity index is 689. The van der Waals surface area contributed by atoms with Crippen molar-refractivity contribution in [2.75, 3.05) is 20.7 Å². The smallest absolute Gasteiger partial charge is 0.275 e. The fraction of sp³-hybridized carbons (Fsp3) is 0.474. The minimum atomic E-state index is -0.0922. The summed E-state index contributed by atoms with van der Waals surface area (Å²) in [6.45, 7) is 0.787. The van der Waals surface area contributed by atoms with E-state index >= 15 is 0 Å². The largest absolute Gasteiger partial charge is 0.496 e. The van der Waals surface area contributed by atoms with Crippen molar-refractivity contribution >= 4 is 5.91 Å². The van der Waals surface area contributed by atoms with E-state index in [-0.39, 0.29) is 5.91 Å². The first kappa shape index (κ1) is 16.6. The first-order valence-electron chi connectivity index (χ1n) is 8.54. The summed E-state index contributed by atoms with van der Waals surface area (Å²) in [7, 11) is 3.45. The number of rotatable bonds is 5. The predicted octanol–water partition coefficient (Wildman–Crippen LogP) is 4.00. The Morgan fingerprint density at radius 3 is 2.79 bits per heavy atom. The topological polar surface area (TPSA) is 55.6 Å². The Morgan fingerprint density at radius 1 is 1.29 bits per heavy atom. The highest BCUT2D eigenvalue weighted by Crippen LogP contribution is 2.30. The molecule has 0 N–H and O–H groups in total. The van der Waals surface area contributed by atoms with E-state index in [0.29, 0.717) is 23.1 Å². The number of benzene rings is 1. The molecule has 5 heteroatoms. The monoisotopic (exact) mass is 328 g/mol. The third kappa shape index (κ3) is 3.61. The van der Waals surface area contributed by atoms with Gasteiger partial charge in [-0.25, -0.2) is 0 Å². The van der Waals surface area contributed by atoms with Gasteiger partial charge in [0.05, 0.1) is 12.7 Å². The lowest BCUT2D eigenvalue weighted by Gasteiger charge is -2.26. The summed E-state index contributed by atoms with van der Waals surface area (Å²) in [5, 5.41) is 3.96. The number of para-hydroxylation sites is 1. The quantitative estimate of drug-likeness (QED) is 0.832. The summed E-state index contributed by atoms with van der Waals surface area (Å²) in [6, 6.07) is 9.23. The highest BCUT2D eigenvalue weighted by atomic mass is 16.5. The Balaban J connectivity index is 1.71. The van der Waals surface area contributed by atoms with Crippen LogP contribution in [0.5, 0.6) is 5.75 Å². The van der Waals surface area contributed by atoms with Crippen LogP contribution in [-0.2, 0) is 0 Å². The van der Waals surface area contributed by atoms with E-state index in [0.717, 1.165) is 12.1 Å². The average molecular weight is 328 g/mol. The van der Waals surface area contributed by atoms with Crippen LogP contribution in [0.25, 0.3) is 11.3 Å². The zero-order chi connectivity index (χ0) is 16.9. The van der Waals surface area contributed by atoms with E-state index in [1.54, 1.807) is 18.1 Å². The second-order valence-electron chi connectivity index (χ2n) is 6.47. The molecule has 128 valence electrons. The molecule has 0 unspecified atom stereocenters. The van der Waals surface area contributed by atoms with E-state index < -0.39 is 0 Å². The van der Waals surface area contributed by atoms with Crippen LogP contribution in [0.1, 0.15) is 42.6 Å². The van der Waals surface area contributed by atoms with Gasteiger partial charge in [0.15, 0.2) is 11.5 Å². The third-order valence-electron chi connectivity index (χ3n) is 4.71. The second-order valence-corrected chi connectivity index (χ2v) is 6.47. The van der Waals surface area contributed by atoms with Crippen LogP contribution in [0.4, 0.5) is 0 Å². The molecule has 0 saturated heterocycles. The van der Waals surface area contributed by atoms with Crippen LogP contribution in [0.3, 0.4) is 0 Å². The van der Waals surface area contributed by atoms with Crippen LogP contribution in [0.15, 0.2) is 34.9 Å². The van der Waals surface area contributed by atoms with Gasteiger partial charge in [-0.3, -0.25) is 4.79 Å². The molecule has 0 radical (unpaired) electrons. The van der Waals surface area contributed by atoms with E-state index in [1.807, 2.05) is 31.3 Å². The Morgan fingerprint density at radius 2 is 2.04 bits per heavy atom. The van der Waals surface area contributed by atoms with Crippen LogP contribution >= 0.6 is 0 Å². The number of hydrogen-bond acceptors (Lipinski definition) is 4. The maximum Gasteiger partial charge on any atom is 0.275 e. The lowest BCUT2D eigenvalue weighted by molar-refractivity contribution is 0.0750. The molecule has 0 bridgehead atoms. The molecule has 3 rings (SSSR count). The van der Waals surface area contributed by atoms with Crippen molar-refractivity contribution in [3.63, 3.8) is 0 Å². The minimum Gasteiger partial charge on any atom is -0.496 e. The van der Waals surface area contributed by atoms with Gasteiger partial charge in [0.2, 0.25) is 0 Å². The number of nitrogens with zero attached hydrogens (tertiary/aromatic N) is 2. The Hall–Kier alpha value is -2.30. The van der Waals surface area contributed by atoms with E-state index in [4.69, 9.17) is 9.26 Å². The summed E-state index contributed by atoms with van der Waals surface area (Å²) in [5.41, 5.74) is 1.13. The van der Waals surface area contributed by atoms with Crippen molar-refractivity contribution in [2.24, 2.45) is 5.92 Å². The summed E-state index contributed by atoms with van der Waals surface area (Å²) < 4.78 is 10.7. The van der Waals surface area contributed by atoms with Crippen LogP contribution in [0, 0.1) is 5.92 Å². The first-order chi connectivity index (χ1) is 11.7. The highest BCUT2D eigenvalue weighted by Gasteiger charge is 2.22.